The Balaban J connectivity index is 1.83. The number of carbonyl (C=O) groups excluding carboxylic acids is 1. The number of rotatable bonds is 8. The van der Waals surface area contributed by atoms with Gasteiger partial charge in [0.25, 0.3) is 5.91 Å². The van der Waals surface area contributed by atoms with Gasteiger partial charge in [0.05, 0.1) is 25.4 Å². The number of nitrogens with zero attached hydrogens (tertiary/aromatic N) is 3. The van der Waals surface area contributed by atoms with E-state index in [-0.39, 0.29) is 11.9 Å². The third kappa shape index (κ3) is 4.78. The largest absolute Gasteiger partial charge is 0.497 e. The lowest BCUT2D eigenvalue weighted by Gasteiger charge is -2.25. The van der Waals surface area contributed by atoms with Crippen molar-refractivity contribution in [3.8, 4) is 5.75 Å². The standard InChI is InChI=1S/C23H29N3O2/c1-4-5-15-25(2)17-23(27)26-22(19-11-13-20(28-3)14-12-19)16-21(24-26)18-9-7-6-8-10-18/h6-14,22H,4-5,15-17H2,1-3H3. The summed E-state index contributed by atoms with van der Waals surface area (Å²) < 4.78 is 5.27. The molecule has 0 saturated heterocycles. The Kier molecular flexibility index (Phi) is 6.82. The number of hydrogen-bond donors (Lipinski definition) is 0. The van der Waals surface area contributed by atoms with Crippen LogP contribution < -0.4 is 4.74 Å². The summed E-state index contributed by atoms with van der Waals surface area (Å²) in [6.45, 7) is 3.45. The summed E-state index contributed by atoms with van der Waals surface area (Å²) in [4.78, 5) is 15.1. The Labute approximate surface area is 167 Å². The minimum atomic E-state index is -0.0896. The highest BCUT2D eigenvalue weighted by Gasteiger charge is 2.33. The fourth-order valence-corrected chi connectivity index (χ4v) is 3.44. The SMILES string of the molecule is CCCCN(C)CC(=O)N1N=C(c2ccccc2)CC1c1ccc(OC)cc1. The van der Waals surface area contributed by atoms with Gasteiger partial charge in [-0.25, -0.2) is 5.01 Å². The van der Waals surface area contributed by atoms with E-state index in [1.54, 1.807) is 12.1 Å². The molecular weight excluding hydrogens is 350 g/mol. The van der Waals surface area contributed by atoms with Crippen molar-refractivity contribution in [1.82, 2.24) is 9.91 Å². The molecule has 5 nitrogen and oxygen atoms in total. The fraction of sp³-hybridized carbons (Fsp3) is 0.391. The van der Waals surface area contributed by atoms with Crippen molar-refractivity contribution in [2.75, 3.05) is 27.2 Å². The molecule has 2 aromatic carbocycles. The van der Waals surface area contributed by atoms with E-state index in [1.807, 2.05) is 61.6 Å². The normalized spacial score (nSPS) is 16.4. The molecule has 1 heterocycles. The topological polar surface area (TPSA) is 45.1 Å². The van der Waals surface area contributed by atoms with Gasteiger partial charge in [0.1, 0.15) is 5.75 Å². The average molecular weight is 380 g/mol. The molecule has 3 rings (SSSR count). The van der Waals surface area contributed by atoms with Gasteiger partial charge in [0.2, 0.25) is 0 Å². The lowest BCUT2D eigenvalue weighted by molar-refractivity contribution is -0.133. The molecule has 1 atom stereocenters. The number of benzene rings is 2. The zero-order chi connectivity index (χ0) is 19.9. The summed E-state index contributed by atoms with van der Waals surface area (Å²) in [5, 5.41) is 6.41. The second-order valence-corrected chi connectivity index (χ2v) is 7.24. The van der Waals surface area contributed by atoms with Gasteiger partial charge in [-0.1, -0.05) is 55.8 Å². The molecule has 0 bridgehead atoms. The van der Waals surface area contributed by atoms with Crippen molar-refractivity contribution in [2.45, 2.75) is 32.2 Å². The molecule has 0 saturated carbocycles. The number of amides is 1. The Hall–Kier alpha value is -2.66. The van der Waals surface area contributed by atoms with E-state index in [9.17, 15) is 4.79 Å². The Morgan fingerprint density at radius 3 is 2.54 bits per heavy atom. The van der Waals surface area contributed by atoms with E-state index >= 15 is 0 Å². The van der Waals surface area contributed by atoms with Gasteiger partial charge < -0.3 is 4.74 Å². The summed E-state index contributed by atoms with van der Waals surface area (Å²) in [5.41, 5.74) is 3.08. The van der Waals surface area contributed by atoms with Gasteiger partial charge in [-0.2, -0.15) is 5.10 Å². The molecule has 1 aliphatic heterocycles. The maximum absolute atomic E-state index is 13.1. The number of likely N-dealkylation sites (N-methyl/N-ethyl adjacent to an activating group) is 1. The van der Waals surface area contributed by atoms with E-state index in [0.717, 1.165) is 42.0 Å². The van der Waals surface area contributed by atoms with Gasteiger partial charge in [-0.3, -0.25) is 9.69 Å². The van der Waals surface area contributed by atoms with Crippen molar-refractivity contribution >= 4 is 11.6 Å². The first-order chi connectivity index (χ1) is 13.6. The van der Waals surface area contributed by atoms with Gasteiger partial charge >= 0.3 is 0 Å². The van der Waals surface area contributed by atoms with E-state index in [1.165, 1.54) is 0 Å². The minimum absolute atomic E-state index is 0.0327. The van der Waals surface area contributed by atoms with Crippen LogP contribution in [0.4, 0.5) is 0 Å². The highest BCUT2D eigenvalue weighted by Crippen LogP contribution is 2.33. The summed E-state index contributed by atoms with van der Waals surface area (Å²) >= 11 is 0. The lowest BCUT2D eigenvalue weighted by atomic mass is 9.98. The summed E-state index contributed by atoms with van der Waals surface area (Å²) in [7, 11) is 3.65. The van der Waals surface area contributed by atoms with E-state index in [4.69, 9.17) is 9.84 Å². The second-order valence-electron chi connectivity index (χ2n) is 7.24. The van der Waals surface area contributed by atoms with Crippen molar-refractivity contribution in [1.29, 1.82) is 0 Å². The number of methoxy groups -OCH3 is 1. The van der Waals surface area contributed by atoms with Crippen molar-refractivity contribution in [3.05, 3.63) is 65.7 Å². The van der Waals surface area contributed by atoms with Crippen molar-refractivity contribution in [3.63, 3.8) is 0 Å². The monoisotopic (exact) mass is 379 g/mol. The molecule has 0 fully saturated rings. The molecule has 1 unspecified atom stereocenters. The number of ether oxygens (including phenoxy) is 1. The molecule has 0 spiro atoms. The molecule has 28 heavy (non-hydrogen) atoms. The van der Waals surface area contributed by atoms with Crippen LogP contribution in [0.2, 0.25) is 0 Å². The Morgan fingerprint density at radius 1 is 1.18 bits per heavy atom. The summed E-state index contributed by atoms with van der Waals surface area (Å²) in [5.74, 6) is 0.841. The smallest absolute Gasteiger partial charge is 0.257 e. The van der Waals surface area contributed by atoms with E-state index < -0.39 is 0 Å². The third-order valence-electron chi connectivity index (χ3n) is 5.07. The molecule has 148 valence electrons. The molecule has 2 aromatic rings. The highest BCUT2D eigenvalue weighted by molar-refractivity contribution is 6.03. The minimum Gasteiger partial charge on any atom is -0.497 e. The highest BCUT2D eigenvalue weighted by atomic mass is 16.5. The number of hydrazone groups is 1. The first kappa shape index (κ1) is 20.1. The Bertz CT molecular complexity index is 802. The molecule has 0 aromatic heterocycles. The van der Waals surface area contributed by atoms with Gasteiger partial charge in [-0.15, -0.1) is 0 Å². The van der Waals surface area contributed by atoms with Crippen LogP contribution in [0, 0.1) is 0 Å². The number of carbonyl (C=O) groups is 1. The van der Waals surface area contributed by atoms with Gasteiger partial charge in [-0.05, 0) is 43.3 Å². The summed E-state index contributed by atoms with van der Waals surface area (Å²) in [6, 6.07) is 17.9. The molecule has 1 aliphatic rings. The van der Waals surface area contributed by atoms with Gasteiger partial charge in [0.15, 0.2) is 0 Å². The van der Waals surface area contributed by atoms with E-state index in [0.29, 0.717) is 13.0 Å². The first-order valence-electron chi connectivity index (χ1n) is 9.89. The van der Waals surface area contributed by atoms with Crippen LogP contribution in [0.3, 0.4) is 0 Å². The van der Waals surface area contributed by atoms with Crippen molar-refractivity contribution in [2.24, 2.45) is 5.10 Å². The number of hydrogen-bond acceptors (Lipinski definition) is 4. The predicted octanol–water partition coefficient (Wildman–Crippen LogP) is 4.10. The molecule has 1 amide bonds. The predicted molar refractivity (Wildman–Crippen MR) is 113 cm³/mol. The van der Waals surface area contributed by atoms with Crippen molar-refractivity contribution < 1.29 is 9.53 Å². The second kappa shape index (κ2) is 9.51. The van der Waals surface area contributed by atoms with Crippen LogP contribution in [-0.2, 0) is 4.79 Å². The maximum Gasteiger partial charge on any atom is 0.257 e. The van der Waals surface area contributed by atoms with Crippen LogP contribution in [0.1, 0.15) is 43.4 Å². The number of unbranched alkanes of at least 4 members (excludes halogenated alkanes) is 1. The zero-order valence-electron chi connectivity index (χ0n) is 17.0. The quantitative estimate of drug-likeness (QED) is 0.693. The van der Waals surface area contributed by atoms with Crippen LogP contribution in [0.5, 0.6) is 5.75 Å². The average Bonchev–Trinajstić information content (AvgIpc) is 3.18. The summed E-state index contributed by atoms with van der Waals surface area (Å²) in [6.07, 6.45) is 2.91. The van der Waals surface area contributed by atoms with E-state index in [2.05, 4.69) is 11.8 Å². The molecule has 5 heteroatoms. The Morgan fingerprint density at radius 2 is 1.89 bits per heavy atom. The lowest BCUT2D eigenvalue weighted by Crippen LogP contribution is -2.36. The van der Waals surface area contributed by atoms with Crippen LogP contribution >= 0.6 is 0 Å². The fourth-order valence-electron chi connectivity index (χ4n) is 3.44. The third-order valence-corrected chi connectivity index (χ3v) is 5.07. The van der Waals surface area contributed by atoms with Crippen LogP contribution in [-0.4, -0.2) is 48.8 Å². The van der Waals surface area contributed by atoms with Crippen LogP contribution in [0.25, 0.3) is 0 Å². The van der Waals surface area contributed by atoms with Crippen LogP contribution in [0.15, 0.2) is 59.7 Å². The maximum atomic E-state index is 13.1. The molecule has 0 radical (unpaired) electrons. The first-order valence-corrected chi connectivity index (χ1v) is 9.89. The molecule has 0 N–H and O–H groups in total. The molecular formula is C23H29N3O2. The van der Waals surface area contributed by atoms with Gasteiger partial charge in [0, 0.05) is 6.42 Å². The molecule has 0 aliphatic carbocycles. The zero-order valence-corrected chi connectivity index (χ0v) is 17.0.